The monoisotopic (exact) mass is 216 g/mol. The summed E-state index contributed by atoms with van der Waals surface area (Å²) in [6.45, 7) is 5.03. The summed E-state index contributed by atoms with van der Waals surface area (Å²) < 4.78 is 0. The maximum atomic E-state index is 11.0. The van der Waals surface area contributed by atoms with Crippen molar-refractivity contribution in [3.63, 3.8) is 0 Å². The van der Waals surface area contributed by atoms with Gasteiger partial charge in [-0.15, -0.1) is 0 Å². The minimum Gasteiger partial charge on any atom is -0.481 e. The summed E-state index contributed by atoms with van der Waals surface area (Å²) in [4.78, 5) is 21.3. The van der Waals surface area contributed by atoms with Gasteiger partial charge in [0.15, 0.2) is 0 Å². The van der Waals surface area contributed by atoms with Crippen LogP contribution in [-0.4, -0.2) is 36.1 Å². The van der Waals surface area contributed by atoms with Crippen LogP contribution in [-0.2, 0) is 9.59 Å². The molecule has 0 bridgehead atoms. The fourth-order valence-electron chi connectivity index (χ4n) is 1.16. The number of carboxylic acid groups (broad SMARTS) is 1. The maximum Gasteiger partial charge on any atom is 0.303 e. The van der Waals surface area contributed by atoms with Gasteiger partial charge in [0, 0.05) is 32.0 Å². The molecule has 0 aliphatic rings. The first-order valence-electron chi connectivity index (χ1n) is 5.28. The van der Waals surface area contributed by atoms with E-state index in [0.29, 0.717) is 25.9 Å². The van der Waals surface area contributed by atoms with Crippen LogP contribution < -0.4 is 10.6 Å². The summed E-state index contributed by atoms with van der Waals surface area (Å²) in [6.07, 6.45) is 1.19. The predicted molar refractivity (Wildman–Crippen MR) is 57.6 cm³/mol. The highest BCUT2D eigenvalue weighted by Crippen LogP contribution is 1.95. The molecular formula is C10H20N2O3. The molecule has 15 heavy (non-hydrogen) atoms. The molecule has 0 aromatic carbocycles. The summed E-state index contributed by atoms with van der Waals surface area (Å²) in [7, 11) is 0. The molecule has 0 rings (SSSR count). The van der Waals surface area contributed by atoms with Crippen molar-refractivity contribution >= 4 is 11.9 Å². The van der Waals surface area contributed by atoms with E-state index in [1.54, 1.807) is 0 Å². The van der Waals surface area contributed by atoms with Gasteiger partial charge in [-0.05, 0) is 20.3 Å². The average Bonchev–Trinajstić information content (AvgIpc) is 2.15. The van der Waals surface area contributed by atoms with Gasteiger partial charge in [0.05, 0.1) is 0 Å². The molecule has 88 valence electrons. The second kappa shape index (κ2) is 8.23. The van der Waals surface area contributed by atoms with E-state index in [2.05, 4.69) is 10.6 Å². The van der Waals surface area contributed by atoms with Gasteiger partial charge in [-0.2, -0.15) is 0 Å². The van der Waals surface area contributed by atoms with E-state index in [1.165, 1.54) is 0 Å². The third-order valence-corrected chi connectivity index (χ3v) is 2.01. The number of aliphatic carboxylic acids is 1. The molecule has 0 spiro atoms. The van der Waals surface area contributed by atoms with Crippen molar-refractivity contribution in [3.05, 3.63) is 0 Å². The first kappa shape index (κ1) is 13.9. The number of amides is 1. The highest BCUT2D eigenvalue weighted by molar-refractivity contribution is 5.75. The first-order valence-corrected chi connectivity index (χ1v) is 5.28. The zero-order valence-electron chi connectivity index (χ0n) is 9.38. The molecule has 0 saturated carbocycles. The lowest BCUT2D eigenvalue weighted by Crippen LogP contribution is -2.32. The van der Waals surface area contributed by atoms with Gasteiger partial charge in [-0.25, -0.2) is 0 Å². The fraction of sp³-hybridized carbons (Fsp3) is 0.800. The summed E-state index contributed by atoms with van der Waals surface area (Å²) in [5.41, 5.74) is 0. The van der Waals surface area contributed by atoms with Crippen LogP contribution in [0.5, 0.6) is 0 Å². The largest absolute Gasteiger partial charge is 0.481 e. The van der Waals surface area contributed by atoms with Crippen LogP contribution in [0.1, 0.15) is 33.1 Å². The van der Waals surface area contributed by atoms with Gasteiger partial charge in [-0.1, -0.05) is 0 Å². The number of hydrogen-bond acceptors (Lipinski definition) is 3. The Morgan fingerprint density at radius 2 is 2.00 bits per heavy atom. The van der Waals surface area contributed by atoms with E-state index in [1.807, 2.05) is 13.8 Å². The standard InChI is InChI=1S/C10H20N2O3/c1-3-11-9(13)6-7-12-8(2)4-5-10(14)15/h8,12H,3-7H2,1-2H3,(H,11,13)(H,14,15). The molecular weight excluding hydrogens is 196 g/mol. The molecule has 3 N–H and O–H groups in total. The third-order valence-electron chi connectivity index (χ3n) is 2.01. The van der Waals surface area contributed by atoms with E-state index in [4.69, 9.17) is 5.11 Å². The summed E-state index contributed by atoms with van der Waals surface area (Å²) >= 11 is 0. The Balaban J connectivity index is 3.41. The lowest BCUT2D eigenvalue weighted by Gasteiger charge is -2.11. The number of hydrogen-bond donors (Lipinski definition) is 3. The van der Waals surface area contributed by atoms with Crippen LogP contribution in [0.25, 0.3) is 0 Å². The highest BCUT2D eigenvalue weighted by Gasteiger charge is 2.05. The average molecular weight is 216 g/mol. The SMILES string of the molecule is CCNC(=O)CCNC(C)CCC(=O)O. The van der Waals surface area contributed by atoms with E-state index >= 15 is 0 Å². The summed E-state index contributed by atoms with van der Waals surface area (Å²) in [5, 5.41) is 14.3. The van der Waals surface area contributed by atoms with Crippen LogP contribution in [0.2, 0.25) is 0 Å². The molecule has 0 aromatic heterocycles. The van der Waals surface area contributed by atoms with Gasteiger partial charge in [0.1, 0.15) is 0 Å². The second-order valence-electron chi connectivity index (χ2n) is 3.49. The Hall–Kier alpha value is -1.10. The van der Waals surface area contributed by atoms with E-state index < -0.39 is 5.97 Å². The van der Waals surface area contributed by atoms with Crippen molar-refractivity contribution < 1.29 is 14.7 Å². The van der Waals surface area contributed by atoms with Crippen molar-refractivity contribution in [2.75, 3.05) is 13.1 Å². The van der Waals surface area contributed by atoms with Crippen molar-refractivity contribution in [1.29, 1.82) is 0 Å². The van der Waals surface area contributed by atoms with Gasteiger partial charge >= 0.3 is 5.97 Å². The predicted octanol–water partition coefficient (Wildman–Crippen LogP) is 0.355. The normalized spacial score (nSPS) is 12.1. The van der Waals surface area contributed by atoms with Crippen molar-refractivity contribution in [3.8, 4) is 0 Å². The number of carbonyl (C=O) groups excluding carboxylic acids is 1. The lowest BCUT2D eigenvalue weighted by molar-refractivity contribution is -0.137. The van der Waals surface area contributed by atoms with Gasteiger partial charge in [0.25, 0.3) is 0 Å². The van der Waals surface area contributed by atoms with Crippen LogP contribution in [0, 0.1) is 0 Å². The molecule has 1 unspecified atom stereocenters. The Labute approximate surface area is 90.2 Å². The minimum absolute atomic E-state index is 0.0236. The zero-order chi connectivity index (χ0) is 11.7. The summed E-state index contributed by atoms with van der Waals surface area (Å²) in [5.74, 6) is -0.761. The molecule has 1 amide bonds. The highest BCUT2D eigenvalue weighted by atomic mass is 16.4. The third kappa shape index (κ3) is 9.21. The van der Waals surface area contributed by atoms with Crippen LogP contribution in [0.4, 0.5) is 0 Å². The van der Waals surface area contributed by atoms with Crippen molar-refractivity contribution in [1.82, 2.24) is 10.6 Å². The topological polar surface area (TPSA) is 78.4 Å². The number of carboxylic acids is 1. The minimum atomic E-state index is -0.785. The molecule has 5 nitrogen and oxygen atoms in total. The van der Waals surface area contributed by atoms with Crippen molar-refractivity contribution in [2.24, 2.45) is 0 Å². The number of carbonyl (C=O) groups is 2. The number of rotatable bonds is 8. The van der Waals surface area contributed by atoms with Gasteiger partial charge < -0.3 is 15.7 Å². The molecule has 0 radical (unpaired) electrons. The molecule has 0 aromatic rings. The molecule has 0 fully saturated rings. The first-order chi connectivity index (χ1) is 7.06. The number of nitrogens with one attached hydrogen (secondary N) is 2. The van der Waals surface area contributed by atoms with E-state index in [-0.39, 0.29) is 18.4 Å². The van der Waals surface area contributed by atoms with Crippen LogP contribution in [0.3, 0.4) is 0 Å². The smallest absolute Gasteiger partial charge is 0.303 e. The van der Waals surface area contributed by atoms with E-state index in [9.17, 15) is 9.59 Å². The lowest BCUT2D eigenvalue weighted by atomic mass is 10.2. The fourth-order valence-corrected chi connectivity index (χ4v) is 1.16. The van der Waals surface area contributed by atoms with Crippen LogP contribution >= 0.6 is 0 Å². The Kier molecular flexibility index (Phi) is 7.62. The molecule has 1 atom stereocenters. The van der Waals surface area contributed by atoms with Gasteiger partial charge in [0.2, 0.25) is 5.91 Å². The van der Waals surface area contributed by atoms with E-state index in [0.717, 1.165) is 0 Å². The molecule has 0 saturated heterocycles. The maximum absolute atomic E-state index is 11.0. The molecule has 0 heterocycles. The Morgan fingerprint density at radius 1 is 1.33 bits per heavy atom. The Bertz CT molecular complexity index is 207. The molecule has 0 aliphatic heterocycles. The second-order valence-corrected chi connectivity index (χ2v) is 3.49. The quantitative estimate of drug-likeness (QED) is 0.547. The van der Waals surface area contributed by atoms with Crippen molar-refractivity contribution in [2.45, 2.75) is 39.2 Å². The van der Waals surface area contributed by atoms with Crippen LogP contribution in [0.15, 0.2) is 0 Å². The zero-order valence-corrected chi connectivity index (χ0v) is 9.38. The Morgan fingerprint density at radius 3 is 2.53 bits per heavy atom. The summed E-state index contributed by atoms with van der Waals surface area (Å²) in [6, 6.07) is 0.135. The van der Waals surface area contributed by atoms with Gasteiger partial charge in [-0.3, -0.25) is 9.59 Å². The molecule has 0 aliphatic carbocycles. The molecule has 5 heteroatoms.